The van der Waals surface area contributed by atoms with Crippen LogP contribution in [-0.4, -0.2) is 0 Å². The molecule has 1 nitrogen and oxygen atoms in total. The molecule has 0 N–H and O–H groups in total. The van der Waals surface area contributed by atoms with E-state index in [0.717, 1.165) is 5.56 Å². The van der Waals surface area contributed by atoms with Crippen molar-refractivity contribution in [2.75, 3.05) is 0 Å². The second-order valence-corrected chi connectivity index (χ2v) is 2.23. The van der Waals surface area contributed by atoms with Gasteiger partial charge in [0.2, 0.25) is 0 Å². The Hall–Kier alpha value is -1.33. The highest BCUT2D eigenvalue weighted by molar-refractivity contribution is 7.62. The minimum atomic E-state index is 0.639. The average molecular weight is 161 g/mol. The Balaban J connectivity index is 3.05. The first-order chi connectivity index (χ1) is 5.38. The van der Waals surface area contributed by atoms with E-state index < -0.39 is 0 Å². The Kier molecular flexibility index (Phi) is 2.65. The summed E-state index contributed by atoms with van der Waals surface area (Å²) in [6.07, 6.45) is 0. The van der Waals surface area contributed by atoms with Crippen molar-refractivity contribution in [3.05, 3.63) is 46.1 Å². The van der Waals surface area contributed by atoms with Crippen LogP contribution in [0.3, 0.4) is 0 Å². The van der Waals surface area contributed by atoms with Crippen molar-refractivity contribution in [2.45, 2.75) is 0 Å². The van der Waals surface area contributed by atoms with Crippen LogP contribution < -0.4 is 0 Å². The lowest BCUT2D eigenvalue weighted by Crippen LogP contribution is -1.75. The quantitative estimate of drug-likeness (QED) is 0.572. The zero-order chi connectivity index (χ0) is 8.10. The van der Waals surface area contributed by atoms with Crippen molar-refractivity contribution in [1.82, 2.24) is 0 Å². The predicted molar refractivity (Wildman–Crippen MR) is 50.1 cm³/mol. The summed E-state index contributed by atoms with van der Waals surface area (Å²) in [4.78, 5) is 3.53. The Morgan fingerprint density at radius 3 is 2.45 bits per heavy atom. The van der Waals surface area contributed by atoms with Gasteiger partial charge in [0.05, 0.1) is 5.56 Å². The van der Waals surface area contributed by atoms with Crippen LogP contribution in [0.1, 0.15) is 5.56 Å². The van der Waals surface area contributed by atoms with Gasteiger partial charge in [0, 0.05) is 0 Å². The van der Waals surface area contributed by atoms with Gasteiger partial charge in [0.25, 0.3) is 6.57 Å². The topological polar surface area (TPSA) is 4.36 Å². The van der Waals surface area contributed by atoms with Crippen molar-refractivity contribution >= 4 is 18.3 Å². The highest BCUT2D eigenvalue weighted by atomic mass is 32.1. The third kappa shape index (κ3) is 1.79. The summed E-state index contributed by atoms with van der Waals surface area (Å²) in [6, 6.07) is 9.59. The van der Waals surface area contributed by atoms with Crippen molar-refractivity contribution < 1.29 is 0 Å². The van der Waals surface area contributed by atoms with Crippen LogP contribution in [0.2, 0.25) is 0 Å². The fourth-order valence-corrected chi connectivity index (χ4v) is 0.979. The lowest BCUT2D eigenvalue weighted by Gasteiger charge is -1.91. The van der Waals surface area contributed by atoms with E-state index >= 15 is 0 Å². The Labute approximate surface area is 71.6 Å². The lowest BCUT2D eigenvalue weighted by molar-refractivity contribution is 1.63. The number of hydrogen-bond acceptors (Lipinski definition) is 1. The van der Waals surface area contributed by atoms with Gasteiger partial charge >= 0.3 is 5.70 Å². The van der Waals surface area contributed by atoms with E-state index in [9.17, 15) is 0 Å². The average Bonchev–Trinajstić information content (AvgIpc) is 2.09. The molecule has 0 aliphatic heterocycles. The molecule has 2 heteroatoms. The van der Waals surface area contributed by atoms with Crippen LogP contribution in [0, 0.1) is 6.57 Å². The molecular weight excluding hydrogens is 154 g/mol. The van der Waals surface area contributed by atoms with Crippen LogP contribution in [0.5, 0.6) is 0 Å². The molecule has 0 saturated heterocycles. The van der Waals surface area contributed by atoms with Gasteiger partial charge in [-0.3, -0.25) is 0 Å². The molecule has 0 radical (unpaired) electrons. The largest absolute Gasteiger partial charge is 0.780 e. The van der Waals surface area contributed by atoms with E-state index in [1.165, 1.54) is 5.41 Å². The zero-order valence-electron chi connectivity index (χ0n) is 5.90. The molecule has 0 aliphatic carbocycles. The second-order valence-electron chi connectivity index (χ2n) is 2.00. The van der Waals surface area contributed by atoms with Crippen molar-refractivity contribution in [1.29, 1.82) is 0 Å². The van der Waals surface area contributed by atoms with Gasteiger partial charge in [-0.2, -0.15) is 0 Å². The normalized spacial score (nSPS) is 10.6. The smallest absolute Gasteiger partial charge is 0.321 e. The fourth-order valence-electron chi connectivity index (χ4n) is 0.782. The van der Waals surface area contributed by atoms with Crippen molar-refractivity contribution in [3.63, 3.8) is 0 Å². The van der Waals surface area contributed by atoms with Gasteiger partial charge in [0.15, 0.2) is 0 Å². The Morgan fingerprint density at radius 2 is 2.00 bits per heavy atom. The molecule has 0 bridgehead atoms. The number of rotatable bonds is 1. The molecule has 1 aromatic rings. The number of benzene rings is 1. The third-order valence-electron chi connectivity index (χ3n) is 1.32. The molecule has 0 fully saturated rings. The molecule has 0 saturated carbocycles. The molecule has 0 atom stereocenters. The summed E-state index contributed by atoms with van der Waals surface area (Å²) in [5.74, 6) is 0. The van der Waals surface area contributed by atoms with E-state index in [0.29, 0.717) is 5.70 Å². The van der Waals surface area contributed by atoms with Gasteiger partial charge in [-0.25, -0.2) is 0 Å². The molecule has 0 aliphatic rings. The summed E-state index contributed by atoms with van der Waals surface area (Å²) in [5, 5.41) is 1.47. The SMILES string of the molecule is C#[N+]/C(=C\[S-])c1ccccc1. The maximum absolute atomic E-state index is 5.11. The zero-order valence-corrected chi connectivity index (χ0v) is 6.71. The standard InChI is InChI=1S/C9H7NS/c1-10-9(7-11)8-5-3-2-4-6-8/h1-7H/b9-7-. The first kappa shape index (κ1) is 7.77. The number of nitrogens with zero attached hydrogens (tertiary/aromatic N) is 1. The van der Waals surface area contributed by atoms with Crippen LogP contribution in [-0.2, 0) is 12.6 Å². The first-order valence-electron chi connectivity index (χ1n) is 3.17. The molecule has 0 spiro atoms. The van der Waals surface area contributed by atoms with E-state index in [1.54, 1.807) is 0 Å². The monoisotopic (exact) mass is 161 g/mol. The molecule has 0 unspecified atom stereocenters. The molecule has 54 valence electrons. The van der Waals surface area contributed by atoms with Crippen LogP contribution in [0.15, 0.2) is 35.7 Å². The van der Waals surface area contributed by atoms with Gasteiger partial charge in [0.1, 0.15) is 0 Å². The Bertz CT molecular complexity index is 295. The summed E-state index contributed by atoms with van der Waals surface area (Å²) >= 11 is 4.72. The molecule has 0 heterocycles. The van der Waals surface area contributed by atoms with E-state index in [1.807, 2.05) is 30.3 Å². The lowest BCUT2D eigenvalue weighted by atomic mass is 10.2. The summed E-state index contributed by atoms with van der Waals surface area (Å²) in [7, 11) is 0. The van der Waals surface area contributed by atoms with Gasteiger partial charge < -0.3 is 12.6 Å². The van der Waals surface area contributed by atoms with Gasteiger partial charge in [-0.1, -0.05) is 18.2 Å². The first-order valence-corrected chi connectivity index (χ1v) is 3.64. The molecular formula is C9H7NS. The summed E-state index contributed by atoms with van der Waals surface area (Å²) in [5.41, 5.74) is 1.59. The van der Waals surface area contributed by atoms with Crippen LogP contribution in [0.25, 0.3) is 10.5 Å². The molecule has 1 rings (SSSR count). The summed E-state index contributed by atoms with van der Waals surface area (Å²) in [6.45, 7) is 5.11. The molecule has 1 aromatic carbocycles. The maximum atomic E-state index is 5.11. The molecule has 0 amide bonds. The third-order valence-corrected chi connectivity index (χ3v) is 1.54. The van der Waals surface area contributed by atoms with Gasteiger partial charge in [-0.15, -0.1) is 5.41 Å². The van der Waals surface area contributed by atoms with Crippen molar-refractivity contribution in [3.8, 4) is 6.57 Å². The molecule has 0 aromatic heterocycles. The van der Waals surface area contributed by atoms with Crippen LogP contribution in [0.4, 0.5) is 0 Å². The highest BCUT2D eigenvalue weighted by Gasteiger charge is 2.03. The second kappa shape index (κ2) is 3.75. The molecule has 11 heavy (non-hydrogen) atoms. The van der Waals surface area contributed by atoms with E-state index in [-0.39, 0.29) is 0 Å². The van der Waals surface area contributed by atoms with Crippen molar-refractivity contribution in [2.24, 2.45) is 0 Å². The predicted octanol–water partition coefficient (Wildman–Crippen LogP) is 2.49. The minimum Gasteiger partial charge on any atom is -0.780 e. The number of hydrogen-bond donors (Lipinski definition) is 0. The Morgan fingerprint density at radius 1 is 1.36 bits per heavy atom. The van der Waals surface area contributed by atoms with Gasteiger partial charge in [-0.05, 0) is 17.0 Å². The minimum absolute atomic E-state index is 0.639. The van der Waals surface area contributed by atoms with Crippen LogP contribution >= 0.6 is 0 Å². The maximum Gasteiger partial charge on any atom is 0.321 e. The van der Waals surface area contributed by atoms with E-state index in [4.69, 9.17) is 19.2 Å². The summed E-state index contributed by atoms with van der Waals surface area (Å²) < 4.78 is 0. The fraction of sp³-hybridized carbons (Fsp3) is 0. The van der Waals surface area contributed by atoms with E-state index in [2.05, 4.69) is 4.85 Å². The highest BCUT2D eigenvalue weighted by Crippen LogP contribution is 2.13.